The number of nitrogens with zero attached hydrogens (tertiary/aromatic N) is 1. The molecule has 4 heteroatoms. The number of para-hydroxylation sites is 2. The van der Waals surface area contributed by atoms with E-state index in [1.54, 1.807) is 7.11 Å². The van der Waals surface area contributed by atoms with Gasteiger partial charge in [0, 0.05) is 13.1 Å². The third-order valence-corrected chi connectivity index (χ3v) is 3.71. The van der Waals surface area contributed by atoms with E-state index in [4.69, 9.17) is 9.47 Å². The molecule has 1 aliphatic heterocycles. The molecule has 1 aromatic rings. The van der Waals surface area contributed by atoms with E-state index in [2.05, 4.69) is 11.8 Å². The maximum absolute atomic E-state index is 10.1. The van der Waals surface area contributed by atoms with Gasteiger partial charge in [0.05, 0.1) is 7.11 Å². The summed E-state index contributed by atoms with van der Waals surface area (Å²) in [5, 5.41) is 10.1. The van der Waals surface area contributed by atoms with E-state index in [0.29, 0.717) is 24.7 Å². The molecule has 2 atom stereocenters. The highest BCUT2D eigenvalue weighted by Gasteiger charge is 2.19. The SMILES string of the molecule is COc1ccccc1OC[C@@H](O)CN1CCC[C@@H](C)C1. The predicted molar refractivity (Wildman–Crippen MR) is 79.3 cm³/mol. The number of hydrogen-bond acceptors (Lipinski definition) is 4. The fourth-order valence-electron chi connectivity index (χ4n) is 2.73. The van der Waals surface area contributed by atoms with Crippen LogP contribution >= 0.6 is 0 Å². The highest BCUT2D eigenvalue weighted by atomic mass is 16.5. The summed E-state index contributed by atoms with van der Waals surface area (Å²) in [6.45, 7) is 5.40. The number of aliphatic hydroxyl groups is 1. The molecule has 112 valence electrons. The second-order valence-electron chi connectivity index (χ2n) is 5.62. The van der Waals surface area contributed by atoms with Crippen LogP contribution in [0.1, 0.15) is 19.8 Å². The number of β-amino-alcohol motifs (C(OH)–C–C–N with tert-alkyl or cyclic N) is 1. The minimum absolute atomic E-state index is 0.297. The average molecular weight is 279 g/mol. The Bertz CT molecular complexity index is 410. The van der Waals surface area contributed by atoms with E-state index in [1.165, 1.54) is 12.8 Å². The second-order valence-corrected chi connectivity index (χ2v) is 5.62. The first kappa shape index (κ1) is 15.1. The summed E-state index contributed by atoms with van der Waals surface area (Å²) in [5.74, 6) is 2.11. The number of hydrogen-bond donors (Lipinski definition) is 1. The number of likely N-dealkylation sites (tertiary alicyclic amines) is 1. The zero-order chi connectivity index (χ0) is 14.4. The van der Waals surface area contributed by atoms with Crippen molar-refractivity contribution in [1.82, 2.24) is 4.90 Å². The van der Waals surface area contributed by atoms with Crippen molar-refractivity contribution in [3.63, 3.8) is 0 Å². The van der Waals surface area contributed by atoms with E-state index in [1.807, 2.05) is 24.3 Å². The molecule has 0 aromatic heterocycles. The molecule has 0 saturated carbocycles. The van der Waals surface area contributed by atoms with Crippen molar-refractivity contribution < 1.29 is 14.6 Å². The van der Waals surface area contributed by atoms with Crippen LogP contribution in [0, 0.1) is 5.92 Å². The van der Waals surface area contributed by atoms with Gasteiger partial charge in [-0.1, -0.05) is 19.1 Å². The number of rotatable bonds is 6. The Kier molecular flexibility index (Phi) is 5.68. The van der Waals surface area contributed by atoms with Gasteiger partial charge in [-0.15, -0.1) is 0 Å². The van der Waals surface area contributed by atoms with Crippen molar-refractivity contribution in [3.8, 4) is 11.5 Å². The molecule has 0 unspecified atom stereocenters. The van der Waals surface area contributed by atoms with E-state index in [0.717, 1.165) is 19.0 Å². The highest BCUT2D eigenvalue weighted by Crippen LogP contribution is 2.25. The lowest BCUT2D eigenvalue weighted by molar-refractivity contribution is 0.0530. The number of aliphatic hydroxyl groups excluding tert-OH is 1. The molecule has 1 aliphatic rings. The van der Waals surface area contributed by atoms with Gasteiger partial charge in [0.25, 0.3) is 0 Å². The van der Waals surface area contributed by atoms with E-state index in [-0.39, 0.29) is 0 Å². The minimum atomic E-state index is -0.467. The molecule has 0 aliphatic carbocycles. The van der Waals surface area contributed by atoms with Crippen LogP contribution in [0.4, 0.5) is 0 Å². The molecule has 0 spiro atoms. The van der Waals surface area contributed by atoms with Crippen molar-refractivity contribution >= 4 is 0 Å². The Hall–Kier alpha value is -1.26. The van der Waals surface area contributed by atoms with Gasteiger partial charge in [-0.05, 0) is 37.4 Å². The highest BCUT2D eigenvalue weighted by molar-refractivity contribution is 5.39. The third kappa shape index (κ3) is 4.39. The van der Waals surface area contributed by atoms with Crippen LogP contribution in [-0.2, 0) is 0 Å². The first-order valence-electron chi connectivity index (χ1n) is 7.35. The van der Waals surface area contributed by atoms with E-state index in [9.17, 15) is 5.11 Å². The summed E-state index contributed by atoms with van der Waals surface area (Å²) in [4.78, 5) is 2.32. The molecule has 1 fully saturated rings. The Morgan fingerprint density at radius 2 is 2.10 bits per heavy atom. The fraction of sp³-hybridized carbons (Fsp3) is 0.625. The monoisotopic (exact) mass is 279 g/mol. The summed E-state index contributed by atoms with van der Waals surface area (Å²) in [6, 6.07) is 7.51. The van der Waals surface area contributed by atoms with Gasteiger partial charge in [-0.25, -0.2) is 0 Å². The molecule has 2 rings (SSSR count). The molecule has 20 heavy (non-hydrogen) atoms. The smallest absolute Gasteiger partial charge is 0.161 e. The number of piperidine rings is 1. The molecule has 1 aromatic carbocycles. The maximum Gasteiger partial charge on any atom is 0.161 e. The van der Waals surface area contributed by atoms with Crippen molar-refractivity contribution in [3.05, 3.63) is 24.3 Å². The molecule has 1 N–H and O–H groups in total. The summed E-state index contributed by atoms with van der Waals surface area (Å²) in [7, 11) is 1.62. The Labute approximate surface area is 121 Å². The Morgan fingerprint density at radius 1 is 1.35 bits per heavy atom. The van der Waals surface area contributed by atoms with Gasteiger partial charge in [0.2, 0.25) is 0 Å². The lowest BCUT2D eigenvalue weighted by atomic mass is 10.0. The van der Waals surface area contributed by atoms with Crippen LogP contribution in [0.25, 0.3) is 0 Å². The van der Waals surface area contributed by atoms with Crippen LogP contribution in [0.3, 0.4) is 0 Å². The standard InChI is InChI=1S/C16H25NO3/c1-13-6-5-9-17(10-13)11-14(18)12-20-16-8-4-3-7-15(16)19-2/h3-4,7-8,13-14,18H,5-6,9-12H2,1-2H3/t13-,14+/m1/s1. The summed E-state index contributed by atoms with van der Waals surface area (Å²) >= 11 is 0. The van der Waals surface area contributed by atoms with Crippen LogP contribution in [0.15, 0.2) is 24.3 Å². The number of methoxy groups -OCH3 is 1. The summed E-state index contributed by atoms with van der Waals surface area (Å²) in [6.07, 6.45) is 2.05. The lowest BCUT2D eigenvalue weighted by Gasteiger charge is -2.32. The van der Waals surface area contributed by atoms with Crippen molar-refractivity contribution in [2.24, 2.45) is 5.92 Å². The number of benzene rings is 1. The zero-order valence-electron chi connectivity index (χ0n) is 12.4. The first-order chi connectivity index (χ1) is 9.69. The van der Waals surface area contributed by atoms with Gasteiger partial charge in [0.1, 0.15) is 12.7 Å². The molecule has 0 bridgehead atoms. The largest absolute Gasteiger partial charge is 0.493 e. The quantitative estimate of drug-likeness (QED) is 0.866. The van der Waals surface area contributed by atoms with Crippen LogP contribution in [-0.4, -0.2) is 49.5 Å². The summed E-state index contributed by atoms with van der Waals surface area (Å²) in [5.41, 5.74) is 0. The lowest BCUT2D eigenvalue weighted by Crippen LogP contribution is -2.41. The van der Waals surface area contributed by atoms with E-state index < -0.39 is 6.10 Å². The number of ether oxygens (including phenoxy) is 2. The van der Waals surface area contributed by atoms with Crippen molar-refractivity contribution in [2.45, 2.75) is 25.9 Å². The minimum Gasteiger partial charge on any atom is -0.493 e. The van der Waals surface area contributed by atoms with Gasteiger partial charge < -0.3 is 19.5 Å². The van der Waals surface area contributed by atoms with Gasteiger partial charge in [-0.2, -0.15) is 0 Å². The fourth-order valence-corrected chi connectivity index (χ4v) is 2.73. The van der Waals surface area contributed by atoms with Gasteiger partial charge in [-0.3, -0.25) is 0 Å². The van der Waals surface area contributed by atoms with Crippen molar-refractivity contribution in [1.29, 1.82) is 0 Å². The Morgan fingerprint density at radius 3 is 2.80 bits per heavy atom. The maximum atomic E-state index is 10.1. The Balaban J connectivity index is 1.78. The van der Waals surface area contributed by atoms with Crippen LogP contribution in [0.2, 0.25) is 0 Å². The first-order valence-corrected chi connectivity index (χ1v) is 7.35. The third-order valence-electron chi connectivity index (χ3n) is 3.71. The topological polar surface area (TPSA) is 41.9 Å². The van der Waals surface area contributed by atoms with Crippen molar-refractivity contribution in [2.75, 3.05) is 33.4 Å². The average Bonchev–Trinajstić information content (AvgIpc) is 2.45. The van der Waals surface area contributed by atoms with Crippen LogP contribution in [0.5, 0.6) is 11.5 Å². The summed E-state index contributed by atoms with van der Waals surface area (Å²) < 4.78 is 10.9. The molecular weight excluding hydrogens is 254 g/mol. The second kappa shape index (κ2) is 7.50. The van der Waals surface area contributed by atoms with Gasteiger partial charge >= 0.3 is 0 Å². The predicted octanol–water partition coefficient (Wildman–Crippen LogP) is 2.17. The van der Waals surface area contributed by atoms with Crippen LogP contribution < -0.4 is 9.47 Å². The molecule has 0 radical (unpaired) electrons. The van der Waals surface area contributed by atoms with Gasteiger partial charge in [0.15, 0.2) is 11.5 Å². The zero-order valence-corrected chi connectivity index (χ0v) is 12.4. The molecule has 4 nitrogen and oxygen atoms in total. The molecule has 0 amide bonds. The normalized spacial score (nSPS) is 21.4. The molecular formula is C16H25NO3. The molecule has 1 saturated heterocycles. The molecule has 1 heterocycles. The van der Waals surface area contributed by atoms with E-state index >= 15 is 0 Å².